The van der Waals surface area contributed by atoms with Crippen LogP contribution in [0.25, 0.3) is 0 Å². The van der Waals surface area contributed by atoms with Gasteiger partial charge >= 0.3 is 0 Å². The molecule has 2 atom stereocenters. The number of nitrogens with two attached hydrogens (primary N) is 1. The number of oxime groups is 1. The number of hydrogen-bond acceptors (Lipinski definition) is 4. The van der Waals surface area contributed by atoms with E-state index < -0.39 is 5.82 Å². The van der Waals surface area contributed by atoms with E-state index in [2.05, 4.69) is 17.0 Å². The smallest absolute Gasteiger partial charge is 0.173 e. The van der Waals surface area contributed by atoms with Gasteiger partial charge in [-0.3, -0.25) is 4.90 Å². The van der Waals surface area contributed by atoms with Gasteiger partial charge < -0.3 is 15.7 Å². The van der Waals surface area contributed by atoms with E-state index in [0.29, 0.717) is 18.0 Å². The lowest BCUT2D eigenvalue weighted by atomic mass is 9.95. The lowest BCUT2D eigenvalue weighted by molar-refractivity contribution is -0.00772. The van der Waals surface area contributed by atoms with E-state index in [4.69, 9.17) is 15.7 Å². The predicted octanol–water partition coefficient (Wildman–Crippen LogP) is 1.78. The Hall–Kier alpha value is -1.66. The number of nitrogens with zero attached hydrogens (tertiary/aromatic N) is 2. The van der Waals surface area contributed by atoms with Gasteiger partial charge in [0.05, 0.1) is 11.7 Å². The Kier molecular flexibility index (Phi) is 5.14. The molecule has 1 aliphatic heterocycles. The zero-order valence-corrected chi connectivity index (χ0v) is 12.4. The first-order valence-corrected chi connectivity index (χ1v) is 7.07. The van der Waals surface area contributed by atoms with Crippen LogP contribution >= 0.6 is 0 Å². The number of halogens is 1. The van der Waals surface area contributed by atoms with E-state index >= 15 is 0 Å². The molecule has 0 aliphatic carbocycles. The molecule has 2 rings (SSSR count). The number of likely N-dealkylation sites (tertiary alicyclic amines) is 1. The summed E-state index contributed by atoms with van der Waals surface area (Å²) in [5.74, 6) is -0.128. The Morgan fingerprint density at radius 3 is 3.00 bits per heavy atom. The molecule has 2 unspecified atom stereocenters. The molecule has 0 saturated carbocycles. The standard InChI is InChI=1S/C15H22FN3O2/c1-10-6-7-19(9-13(10)21-2)8-11-4-3-5-12(14(11)16)15(17)18-20/h3-5,10,13,20H,6-9H2,1-2H3,(H2,17,18). The number of piperidine rings is 1. The second kappa shape index (κ2) is 6.87. The summed E-state index contributed by atoms with van der Waals surface area (Å²) in [5, 5.41) is 11.6. The number of methoxy groups -OCH3 is 1. The SMILES string of the molecule is COC1CN(Cc2cccc(/C(N)=N/O)c2F)CCC1C. The van der Waals surface area contributed by atoms with Crippen LogP contribution in [0.1, 0.15) is 24.5 Å². The summed E-state index contributed by atoms with van der Waals surface area (Å²) in [6.07, 6.45) is 1.20. The van der Waals surface area contributed by atoms with Crippen LogP contribution in [0.5, 0.6) is 0 Å². The predicted molar refractivity (Wildman–Crippen MR) is 78.8 cm³/mol. The molecule has 1 fully saturated rings. The van der Waals surface area contributed by atoms with E-state index in [1.165, 1.54) is 6.07 Å². The summed E-state index contributed by atoms with van der Waals surface area (Å²) >= 11 is 0. The number of amidine groups is 1. The van der Waals surface area contributed by atoms with Crippen molar-refractivity contribution in [3.05, 3.63) is 35.1 Å². The summed E-state index contributed by atoms with van der Waals surface area (Å²) in [6.45, 7) is 4.36. The van der Waals surface area contributed by atoms with Gasteiger partial charge in [-0.05, 0) is 24.9 Å². The lowest BCUT2D eigenvalue weighted by Gasteiger charge is -2.36. The average molecular weight is 295 g/mol. The third kappa shape index (κ3) is 3.51. The highest BCUT2D eigenvalue weighted by Gasteiger charge is 2.26. The van der Waals surface area contributed by atoms with Crippen molar-refractivity contribution in [1.82, 2.24) is 4.90 Å². The highest BCUT2D eigenvalue weighted by atomic mass is 19.1. The van der Waals surface area contributed by atoms with Crippen molar-refractivity contribution in [2.75, 3.05) is 20.2 Å². The second-order valence-electron chi connectivity index (χ2n) is 5.54. The van der Waals surface area contributed by atoms with E-state index in [-0.39, 0.29) is 17.5 Å². The number of rotatable bonds is 4. The number of benzene rings is 1. The quantitative estimate of drug-likeness (QED) is 0.384. The van der Waals surface area contributed by atoms with E-state index in [1.54, 1.807) is 19.2 Å². The van der Waals surface area contributed by atoms with E-state index in [1.807, 2.05) is 0 Å². The molecule has 3 N–H and O–H groups in total. The van der Waals surface area contributed by atoms with Crippen LogP contribution in [0.15, 0.2) is 23.4 Å². The van der Waals surface area contributed by atoms with Gasteiger partial charge in [0.25, 0.3) is 0 Å². The second-order valence-corrected chi connectivity index (χ2v) is 5.54. The van der Waals surface area contributed by atoms with Gasteiger partial charge in [-0.15, -0.1) is 0 Å². The monoisotopic (exact) mass is 295 g/mol. The molecular formula is C15H22FN3O2. The topological polar surface area (TPSA) is 71.1 Å². The normalized spacial score (nSPS) is 24.2. The molecule has 21 heavy (non-hydrogen) atoms. The zero-order valence-electron chi connectivity index (χ0n) is 12.4. The maximum atomic E-state index is 14.4. The largest absolute Gasteiger partial charge is 0.409 e. The minimum atomic E-state index is -0.430. The van der Waals surface area contributed by atoms with Crippen LogP contribution in [-0.2, 0) is 11.3 Å². The summed E-state index contributed by atoms with van der Waals surface area (Å²) in [6, 6.07) is 4.94. The Bertz CT molecular complexity index is 522. The van der Waals surface area contributed by atoms with Crippen LogP contribution in [0, 0.1) is 11.7 Å². The first kappa shape index (κ1) is 15.7. The molecule has 5 nitrogen and oxygen atoms in total. The fourth-order valence-electron chi connectivity index (χ4n) is 2.74. The van der Waals surface area contributed by atoms with Gasteiger partial charge in [0.1, 0.15) is 5.82 Å². The highest BCUT2D eigenvalue weighted by molar-refractivity contribution is 5.97. The Balaban J connectivity index is 2.13. The molecule has 116 valence electrons. The van der Waals surface area contributed by atoms with Crippen molar-refractivity contribution in [3.8, 4) is 0 Å². The van der Waals surface area contributed by atoms with Gasteiger partial charge in [-0.1, -0.05) is 24.2 Å². The molecule has 0 spiro atoms. The molecule has 0 bridgehead atoms. The van der Waals surface area contributed by atoms with Gasteiger partial charge in [0, 0.05) is 25.8 Å². The summed E-state index contributed by atoms with van der Waals surface area (Å²) in [5.41, 5.74) is 6.16. The van der Waals surface area contributed by atoms with Crippen LogP contribution in [0.3, 0.4) is 0 Å². The number of ether oxygens (including phenoxy) is 1. The molecule has 0 aromatic heterocycles. The molecular weight excluding hydrogens is 273 g/mol. The van der Waals surface area contributed by atoms with Gasteiger partial charge in [-0.25, -0.2) is 4.39 Å². The molecule has 0 amide bonds. The van der Waals surface area contributed by atoms with Crippen molar-refractivity contribution in [3.63, 3.8) is 0 Å². The summed E-state index contributed by atoms with van der Waals surface area (Å²) < 4.78 is 19.9. The third-order valence-electron chi connectivity index (χ3n) is 4.13. The summed E-state index contributed by atoms with van der Waals surface area (Å²) in [4.78, 5) is 2.17. The maximum absolute atomic E-state index is 14.4. The van der Waals surface area contributed by atoms with E-state index in [9.17, 15) is 4.39 Å². The molecule has 1 aromatic carbocycles. The molecule has 1 saturated heterocycles. The Morgan fingerprint density at radius 1 is 1.57 bits per heavy atom. The Morgan fingerprint density at radius 2 is 2.33 bits per heavy atom. The minimum Gasteiger partial charge on any atom is -0.409 e. The van der Waals surface area contributed by atoms with Crippen LogP contribution in [0.4, 0.5) is 4.39 Å². The Labute approximate surface area is 124 Å². The first-order valence-electron chi connectivity index (χ1n) is 7.07. The fourth-order valence-corrected chi connectivity index (χ4v) is 2.74. The fraction of sp³-hybridized carbons (Fsp3) is 0.533. The van der Waals surface area contributed by atoms with Crippen molar-refractivity contribution in [2.45, 2.75) is 26.0 Å². The third-order valence-corrected chi connectivity index (χ3v) is 4.13. The van der Waals surface area contributed by atoms with Crippen molar-refractivity contribution >= 4 is 5.84 Å². The van der Waals surface area contributed by atoms with Crippen LogP contribution < -0.4 is 5.73 Å². The maximum Gasteiger partial charge on any atom is 0.173 e. The summed E-state index contributed by atoms with van der Waals surface area (Å²) in [7, 11) is 1.71. The van der Waals surface area contributed by atoms with Crippen molar-refractivity contribution in [1.29, 1.82) is 0 Å². The molecule has 0 radical (unpaired) electrons. The lowest BCUT2D eigenvalue weighted by Crippen LogP contribution is -2.43. The number of hydrogen-bond donors (Lipinski definition) is 2. The average Bonchev–Trinajstić information content (AvgIpc) is 2.50. The highest BCUT2D eigenvalue weighted by Crippen LogP contribution is 2.22. The molecule has 1 aromatic rings. The molecule has 1 aliphatic rings. The minimum absolute atomic E-state index is 0.128. The van der Waals surface area contributed by atoms with Crippen molar-refractivity contribution < 1.29 is 14.3 Å². The zero-order chi connectivity index (χ0) is 15.4. The first-order chi connectivity index (χ1) is 10.1. The van der Waals surface area contributed by atoms with Crippen LogP contribution in [0.2, 0.25) is 0 Å². The van der Waals surface area contributed by atoms with Gasteiger partial charge in [0.15, 0.2) is 5.84 Å². The van der Waals surface area contributed by atoms with Crippen LogP contribution in [-0.4, -0.2) is 42.2 Å². The molecule has 1 heterocycles. The molecule has 6 heteroatoms. The van der Waals surface area contributed by atoms with E-state index in [0.717, 1.165) is 19.5 Å². The van der Waals surface area contributed by atoms with Gasteiger partial charge in [0.2, 0.25) is 0 Å². The van der Waals surface area contributed by atoms with Gasteiger partial charge in [-0.2, -0.15) is 0 Å². The van der Waals surface area contributed by atoms with Crippen molar-refractivity contribution in [2.24, 2.45) is 16.8 Å².